The molecule has 122 valence electrons. The van der Waals surface area contributed by atoms with Crippen molar-refractivity contribution in [1.29, 1.82) is 0 Å². The van der Waals surface area contributed by atoms with Gasteiger partial charge in [-0.3, -0.25) is 4.79 Å². The Labute approximate surface area is 144 Å². The Kier molecular flexibility index (Phi) is 4.53. The topological polar surface area (TPSA) is 41.5 Å². The summed E-state index contributed by atoms with van der Waals surface area (Å²) >= 11 is 1.31. The predicted octanol–water partition coefficient (Wildman–Crippen LogP) is 4.72. The molecule has 0 aromatic heterocycles. The van der Waals surface area contributed by atoms with Gasteiger partial charge < -0.3 is 5.32 Å². The number of hydrogen-bond donors (Lipinski definition) is 1. The van der Waals surface area contributed by atoms with Crippen LogP contribution in [0.25, 0.3) is 5.57 Å². The SMILES string of the molecule is C/C(=C1/SC(=Nc2cc(C)ccc2C)NC1=O)c1ccc(F)cc1. The second kappa shape index (κ2) is 6.61. The lowest BCUT2D eigenvalue weighted by atomic mass is 10.1. The molecule has 1 amide bonds. The van der Waals surface area contributed by atoms with Gasteiger partial charge in [0.2, 0.25) is 0 Å². The average Bonchev–Trinajstić information content (AvgIpc) is 2.91. The summed E-state index contributed by atoms with van der Waals surface area (Å²) in [6.45, 7) is 5.85. The summed E-state index contributed by atoms with van der Waals surface area (Å²) in [6, 6.07) is 12.2. The predicted molar refractivity (Wildman–Crippen MR) is 97.7 cm³/mol. The van der Waals surface area contributed by atoms with Crippen LogP contribution in [0, 0.1) is 19.7 Å². The number of aryl methyl sites for hydroxylation is 2. The van der Waals surface area contributed by atoms with Crippen molar-refractivity contribution in [1.82, 2.24) is 5.32 Å². The number of rotatable bonds is 2. The van der Waals surface area contributed by atoms with Crippen molar-refractivity contribution in [2.45, 2.75) is 20.8 Å². The number of benzene rings is 2. The van der Waals surface area contributed by atoms with E-state index in [2.05, 4.69) is 10.3 Å². The van der Waals surface area contributed by atoms with Gasteiger partial charge in [0.25, 0.3) is 5.91 Å². The largest absolute Gasteiger partial charge is 0.300 e. The third-order valence-corrected chi connectivity index (χ3v) is 4.91. The summed E-state index contributed by atoms with van der Waals surface area (Å²) in [6.07, 6.45) is 0. The first-order valence-corrected chi connectivity index (χ1v) is 8.37. The molecule has 1 aliphatic rings. The van der Waals surface area contributed by atoms with Gasteiger partial charge in [0.15, 0.2) is 5.17 Å². The Morgan fingerprint density at radius 3 is 2.54 bits per heavy atom. The van der Waals surface area contributed by atoms with Gasteiger partial charge in [0.1, 0.15) is 5.82 Å². The zero-order valence-corrected chi connectivity index (χ0v) is 14.5. The highest BCUT2D eigenvalue weighted by molar-refractivity contribution is 8.18. The normalized spacial score (nSPS) is 18.0. The Balaban J connectivity index is 1.93. The fourth-order valence-electron chi connectivity index (χ4n) is 2.40. The van der Waals surface area contributed by atoms with Gasteiger partial charge in [-0.15, -0.1) is 0 Å². The summed E-state index contributed by atoms with van der Waals surface area (Å²) in [5.74, 6) is -0.469. The second-order valence-electron chi connectivity index (χ2n) is 5.72. The first-order chi connectivity index (χ1) is 11.4. The molecule has 0 aliphatic carbocycles. The van der Waals surface area contributed by atoms with Gasteiger partial charge in [0.05, 0.1) is 10.6 Å². The van der Waals surface area contributed by atoms with Crippen LogP contribution < -0.4 is 5.32 Å². The number of thioether (sulfide) groups is 1. The van der Waals surface area contributed by atoms with Crippen molar-refractivity contribution in [2.24, 2.45) is 4.99 Å². The first kappa shape index (κ1) is 16.5. The molecule has 2 aromatic rings. The number of hydrogen-bond acceptors (Lipinski definition) is 3. The number of carbonyl (C=O) groups excluding carboxylic acids is 1. The Morgan fingerprint density at radius 1 is 1.12 bits per heavy atom. The van der Waals surface area contributed by atoms with Gasteiger partial charge in [-0.05, 0) is 73.0 Å². The van der Waals surface area contributed by atoms with E-state index in [9.17, 15) is 9.18 Å². The van der Waals surface area contributed by atoms with E-state index in [0.717, 1.165) is 28.0 Å². The van der Waals surface area contributed by atoms with Crippen LogP contribution in [0.2, 0.25) is 0 Å². The molecule has 1 aliphatic heterocycles. The van der Waals surface area contributed by atoms with Gasteiger partial charge in [0, 0.05) is 0 Å². The van der Waals surface area contributed by atoms with E-state index < -0.39 is 0 Å². The van der Waals surface area contributed by atoms with Crippen LogP contribution in [0.4, 0.5) is 10.1 Å². The summed E-state index contributed by atoms with van der Waals surface area (Å²) in [5, 5.41) is 3.36. The molecule has 0 bridgehead atoms. The van der Waals surface area contributed by atoms with Gasteiger partial charge >= 0.3 is 0 Å². The number of allylic oxidation sites excluding steroid dienone is 1. The molecule has 3 rings (SSSR count). The minimum Gasteiger partial charge on any atom is -0.300 e. The number of amides is 1. The lowest BCUT2D eigenvalue weighted by Gasteiger charge is -2.03. The Morgan fingerprint density at radius 2 is 1.83 bits per heavy atom. The maximum atomic E-state index is 13.1. The molecule has 1 saturated heterocycles. The maximum Gasteiger partial charge on any atom is 0.264 e. The summed E-state index contributed by atoms with van der Waals surface area (Å²) < 4.78 is 13.1. The highest BCUT2D eigenvalue weighted by Crippen LogP contribution is 2.33. The van der Waals surface area contributed by atoms with Crippen molar-refractivity contribution in [3.63, 3.8) is 0 Å². The molecule has 1 fully saturated rings. The van der Waals surface area contributed by atoms with Crippen molar-refractivity contribution in [3.8, 4) is 0 Å². The van der Waals surface area contributed by atoms with Crippen LogP contribution in [0.15, 0.2) is 52.4 Å². The van der Waals surface area contributed by atoms with Crippen molar-refractivity contribution in [2.75, 3.05) is 0 Å². The van der Waals surface area contributed by atoms with Crippen LogP contribution in [-0.2, 0) is 4.79 Å². The van der Waals surface area contributed by atoms with Gasteiger partial charge in [-0.1, -0.05) is 24.3 Å². The molecule has 5 heteroatoms. The minimum atomic E-state index is -0.294. The highest BCUT2D eigenvalue weighted by Gasteiger charge is 2.26. The third kappa shape index (κ3) is 3.41. The fraction of sp³-hybridized carbons (Fsp3) is 0.158. The molecule has 24 heavy (non-hydrogen) atoms. The number of halogens is 1. The monoisotopic (exact) mass is 340 g/mol. The lowest BCUT2D eigenvalue weighted by molar-refractivity contribution is -0.115. The third-order valence-electron chi connectivity index (χ3n) is 3.83. The standard InChI is InChI=1S/C19H17FN2OS/c1-11-4-5-12(2)16(10-11)21-19-22-18(23)17(24-19)13(3)14-6-8-15(20)9-7-14/h4-10H,1-3H3,(H,21,22,23)/b17-13-. The molecule has 1 N–H and O–H groups in total. The van der Waals surface area contributed by atoms with E-state index in [4.69, 9.17) is 0 Å². The Bertz CT molecular complexity index is 869. The quantitative estimate of drug-likeness (QED) is 0.804. The first-order valence-electron chi connectivity index (χ1n) is 7.56. The summed E-state index contributed by atoms with van der Waals surface area (Å²) in [5.41, 5.74) is 4.65. The molecule has 1 heterocycles. The summed E-state index contributed by atoms with van der Waals surface area (Å²) in [4.78, 5) is 17.4. The second-order valence-corrected chi connectivity index (χ2v) is 6.72. The van der Waals surface area contributed by atoms with E-state index in [1.807, 2.05) is 39.0 Å². The molecule has 0 unspecified atom stereocenters. The van der Waals surface area contributed by atoms with Crippen LogP contribution >= 0.6 is 11.8 Å². The van der Waals surface area contributed by atoms with E-state index in [-0.39, 0.29) is 11.7 Å². The molecule has 0 radical (unpaired) electrons. The molecule has 0 atom stereocenters. The van der Waals surface area contributed by atoms with Gasteiger partial charge in [-0.2, -0.15) is 0 Å². The van der Waals surface area contributed by atoms with E-state index in [1.54, 1.807) is 12.1 Å². The summed E-state index contributed by atoms with van der Waals surface area (Å²) in [7, 11) is 0. The lowest BCUT2D eigenvalue weighted by Crippen LogP contribution is -2.19. The van der Waals surface area contributed by atoms with E-state index in [1.165, 1.54) is 23.9 Å². The molecular weight excluding hydrogens is 323 g/mol. The van der Waals surface area contributed by atoms with Crippen molar-refractivity contribution in [3.05, 3.63) is 69.9 Å². The number of nitrogens with zero attached hydrogens (tertiary/aromatic N) is 1. The molecular formula is C19H17FN2OS. The molecule has 2 aromatic carbocycles. The van der Waals surface area contributed by atoms with E-state index >= 15 is 0 Å². The zero-order chi connectivity index (χ0) is 17.3. The highest BCUT2D eigenvalue weighted by atomic mass is 32.2. The molecule has 3 nitrogen and oxygen atoms in total. The minimum absolute atomic E-state index is 0.175. The van der Waals surface area contributed by atoms with Crippen molar-refractivity contribution >= 4 is 34.1 Å². The fourth-order valence-corrected chi connectivity index (χ4v) is 3.30. The molecule has 0 saturated carbocycles. The van der Waals surface area contributed by atoms with Gasteiger partial charge in [-0.25, -0.2) is 9.38 Å². The zero-order valence-electron chi connectivity index (χ0n) is 13.7. The van der Waals surface area contributed by atoms with Crippen LogP contribution in [0.1, 0.15) is 23.6 Å². The van der Waals surface area contributed by atoms with Crippen LogP contribution in [-0.4, -0.2) is 11.1 Å². The maximum absolute atomic E-state index is 13.1. The number of aliphatic imine (C=N–C) groups is 1. The van der Waals surface area contributed by atoms with Crippen molar-refractivity contribution < 1.29 is 9.18 Å². The Hall–Kier alpha value is -2.40. The number of nitrogens with one attached hydrogen (secondary N) is 1. The number of amidine groups is 1. The smallest absolute Gasteiger partial charge is 0.264 e. The van der Waals surface area contributed by atoms with Crippen LogP contribution in [0.5, 0.6) is 0 Å². The van der Waals surface area contributed by atoms with E-state index in [0.29, 0.717) is 10.1 Å². The average molecular weight is 340 g/mol. The van der Waals surface area contributed by atoms with Crippen LogP contribution in [0.3, 0.4) is 0 Å². The molecule has 0 spiro atoms. The number of carbonyl (C=O) groups is 1.